The first-order valence-electron chi connectivity index (χ1n) is 6.96. The molecule has 1 N–H and O–H groups in total. The first kappa shape index (κ1) is 15.2. The quantitative estimate of drug-likeness (QED) is 0.905. The van der Waals surface area contributed by atoms with E-state index in [2.05, 4.69) is 0 Å². The minimum atomic E-state index is -3.36. The summed E-state index contributed by atoms with van der Waals surface area (Å²) in [6.45, 7) is 1.21. The predicted octanol–water partition coefficient (Wildman–Crippen LogP) is 2.08. The molecule has 0 bridgehead atoms. The van der Waals surface area contributed by atoms with Gasteiger partial charge in [0.15, 0.2) is 0 Å². The molecule has 1 saturated heterocycles. The molecule has 1 fully saturated rings. The molecular weight excluding hydrogens is 274 g/mol. The van der Waals surface area contributed by atoms with Crippen LogP contribution in [0, 0.1) is 5.92 Å². The highest BCUT2D eigenvalue weighted by Crippen LogP contribution is 2.22. The first-order chi connectivity index (χ1) is 9.62. The van der Waals surface area contributed by atoms with Crippen LogP contribution in [0.1, 0.15) is 24.8 Å². The third-order valence-electron chi connectivity index (χ3n) is 3.61. The highest BCUT2D eigenvalue weighted by atomic mass is 32.2. The molecule has 4 nitrogen and oxygen atoms in total. The maximum Gasteiger partial charge on any atom is 0.236 e. The zero-order chi connectivity index (χ0) is 14.4. The molecule has 1 aliphatic rings. The van der Waals surface area contributed by atoms with Crippen molar-refractivity contribution in [2.45, 2.75) is 19.3 Å². The second kappa shape index (κ2) is 7.02. The van der Waals surface area contributed by atoms with Gasteiger partial charge in [-0.3, -0.25) is 0 Å². The molecule has 0 saturated carbocycles. The van der Waals surface area contributed by atoms with Crippen LogP contribution in [0.5, 0.6) is 0 Å². The van der Waals surface area contributed by atoms with Crippen LogP contribution < -0.4 is 0 Å². The van der Waals surface area contributed by atoms with Crippen LogP contribution in [-0.4, -0.2) is 37.5 Å². The number of piperidine rings is 1. The van der Waals surface area contributed by atoms with E-state index in [1.54, 1.807) is 6.08 Å². The summed E-state index contributed by atoms with van der Waals surface area (Å²) in [5.74, 6) is 0.272. The summed E-state index contributed by atoms with van der Waals surface area (Å²) in [6.07, 6.45) is 4.16. The van der Waals surface area contributed by atoms with Crippen molar-refractivity contribution in [3.63, 3.8) is 0 Å². The Kier molecular flexibility index (Phi) is 5.34. The Labute approximate surface area is 120 Å². The average Bonchev–Trinajstić information content (AvgIpc) is 2.47. The third-order valence-corrected chi connectivity index (χ3v) is 5.14. The van der Waals surface area contributed by atoms with Crippen molar-refractivity contribution in [1.82, 2.24) is 4.31 Å². The summed E-state index contributed by atoms with van der Waals surface area (Å²) in [5.41, 5.74) is 0.875. The number of hydrogen-bond acceptors (Lipinski definition) is 3. The van der Waals surface area contributed by atoms with Gasteiger partial charge in [-0.15, -0.1) is 0 Å². The van der Waals surface area contributed by atoms with Gasteiger partial charge in [0.2, 0.25) is 10.0 Å². The van der Waals surface area contributed by atoms with Gasteiger partial charge in [-0.25, -0.2) is 8.42 Å². The Morgan fingerprint density at radius 1 is 1.30 bits per heavy atom. The standard InChI is InChI=1S/C15H21NO3S/c17-11-8-15-7-4-10-16(13-15)20(18,19)12-9-14-5-2-1-3-6-14/h1-3,5-6,9,12,15,17H,4,7-8,10-11,13H2. The molecule has 110 valence electrons. The number of aliphatic hydroxyl groups is 1. The van der Waals surface area contributed by atoms with Crippen LogP contribution >= 0.6 is 0 Å². The topological polar surface area (TPSA) is 57.6 Å². The lowest BCUT2D eigenvalue weighted by Crippen LogP contribution is -2.39. The van der Waals surface area contributed by atoms with Gasteiger partial charge in [-0.05, 0) is 36.8 Å². The van der Waals surface area contributed by atoms with E-state index in [9.17, 15) is 8.42 Å². The van der Waals surface area contributed by atoms with E-state index in [4.69, 9.17) is 5.11 Å². The molecule has 1 heterocycles. The maximum absolute atomic E-state index is 12.3. The van der Waals surface area contributed by atoms with Gasteiger partial charge in [0, 0.05) is 25.1 Å². The Morgan fingerprint density at radius 2 is 2.05 bits per heavy atom. The Hall–Kier alpha value is -1.17. The van der Waals surface area contributed by atoms with Crippen LogP contribution in [0.4, 0.5) is 0 Å². The van der Waals surface area contributed by atoms with E-state index in [1.807, 2.05) is 30.3 Å². The number of rotatable bonds is 5. The van der Waals surface area contributed by atoms with Crippen molar-refractivity contribution in [2.75, 3.05) is 19.7 Å². The van der Waals surface area contributed by atoms with E-state index in [0.29, 0.717) is 19.5 Å². The maximum atomic E-state index is 12.3. The second-order valence-corrected chi connectivity index (χ2v) is 6.96. The van der Waals surface area contributed by atoms with Crippen LogP contribution in [0.25, 0.3) is 6.08 Å². The molecule has 5 heteroatoms. The van der Waals surface area contributed by atoms with Gasteiger partial charge in [0.1, 0.15) is 0 Å². The number of sulfonamides is 1. The zero-order valence-electron chi connectivity index (χ0n) is 11.5. The minimum absolute atomic E-state index is 0.123. The molecule has 2 rings (SSSR count). The molecule has 0 aliphatic carbocycles. The lowest BCUT2D eigenvalue weighted by atomic mass is 9.97. The lowest BCUT2D eigenvalue weighted by Gasteiger charge is -2.30. The summed E-state index contributed by atoms with van der Waals surface area (Å²) in [7, 11) is -3.36. The molecule has 1 atom stereocenters. The van der Waals surface area contributed by atoms with Crippen LogP contribution in [0.2, 0.25) is 0 Å². The number of benzene rings is 1. The van der Waals surface area contributed by atoms with Crippen LogP contribution in [-0.2, 0) is 10.0 Å². The van der Waals surface area contributed by atoms with Crippen molar-refractivity contribution in [1.29, 1.82) is 0 Å². The van der Waals surface area contributed by atoms with Gasteiger partial charge >= 0.3 is 0 Å². The van der Waals surface area contributed by atoms with E-state index in [-0.39, 0.29) is 12.5 Å². The summed E-state index contributed by atoms with van der Waals surface area (Å²) >= 11 is 0. The van der Waals surface area contributed by atoms with Gasteiger partial charge < -0.3 is 5.11 Å². The van der Waals surface area contributed by atoms with Crippen molar-refractivity contribution >= 4 is 16.1 Å². The minimum Gasteiger partial charge on any atom is -0.396 e. The van der Waals surface area contributed by atoms with Gasteiger partial charge in [0.05, 0.1) is 0 Å². The summed E-state index contributed by atoms with van der Waals surface area (Å²) in [6, 6.07) is 9.40. The van der Waals surface area contributed by atoms with Crippen LogP contribution in [0.3, 0.4) is 0 Å². The van der Waals surface area contributed by atoms with Crippen molar-refractivity contribution in [3.05, 3.63) is 41.3 Å². The predicted molar refractivity (Wildman–Crippen MR) is 80.4 cm³/mol. The third kappa shape index (κ3) is 4.16. The number of aliphatic hydroxyl groups excluding tert-OH is 1. The van der Waals surface area contributed by atoms with E-state index >= 15 is 0 Å². The molecule has 1 aromatic rings. The Bertz CT molecular complexity index is 537. The van der Waals surface area contributed by atoms with Crippen molar-refractivity contribution in [2.24, 2.45) is 5.92 Å². The molecule has 0 aromatic heterocycles. The average molecular weight is 295 g/mol. The fourth-order valence-electron chi connectivity index (χ4n) is 2.49. The van der Waals surface area contributed by atoms with Crippen molar-refractivity contribution < 1.29 is 13.5 Å². The lowest BCUT2D eigenvalue weighted by molar-refractivity contribution is 0.203. The van der Waals surface area contributed by atoms with Gasteiger partial charge in [-0.2, -0.15) is 4.31 Å². The van der Waals surface area contributed by atoms with Gasteiger partial charge in [-0.1, -0.05) is 30.3 Å². The molecule has 20 heavy (non-hydrogen) atoms. The largest absolute Gasteiger partial charge is 0.396 e. The Morgan fingerprint density at radius 3 is 2.75 bits per heavy atom. The molecule has 0 amide bonds. The van der Waals surface area contributed by atoms with Crippen molar-refractivity contribution in [3.8, 4) is 0 Å². The SMILES string of the molecule is O=S(=O)(C=Cc1ccccc1)N1CCCC(CCO)C1. The fraction of sp³-hybridized carbons (Fsp3) is 0.467. The first-order valence-corrected chi connectivity index (χ1v) is 8.46. The molecule has 1 aliphatic heterocycles. The second-order valence-electron chi connectivity index (χ2n) is 5.14. The molecule has 0 spiro atoms. The normalized spacial score (nSPS) is 21.4. The van der Waals surface area contributed by atoms with E-state index in [0.717, 1.165) is 18.4 Å². The smallest absolute Gasteiger partial charge is 0.236 e. The Balaban J connectivity index is 2.04. The highest BCUT2D eigenvalue weighted by Gasteiger charge is 2.26. The molecule has 0 radical (unpaired) electrons. The van der Waals surface area contributed by atoms with Gasteiger partial charge in [0.25, 0.3) is 0 Å². The monoisotopic (exact) mass is 295 g/mol. The number of hydrogen-bond donors (Lipinski definition) is 1. The molecular formula is C15H21NO3S. The molecule has 1 aromatic carbocycles. The zero-order valence-corrected chi connectivity index (χ0v) is 12.3. The summed E-state index contributed by atoms with van der Waals surface area (Å²) in [4.78, 5) is 0. The van der Waals surface area contributed by atoms with E-state index < -0.39 is 10.0 Å². The fourth-order valence-corrected chi connectivity index (χ4v) is 3.79. The summed E-state index contributed by atoms with van der Waals surface area (Å²) < 4.78 is 26.1. The van der Waals surface area contributed by atoms with E-state index in [1.165, 1.54) is 9.71 Å². The highest BCUT2D eigenvalue weighted by molar-refractivity contribution is 7.92. The number of nitrogens with zero attached hydrogens (tertiary/aromatic N) is 1. The summed E-state index contributed by atoms with van der Waals surface area (Å²) in [5, 5.41) is 10.3. The molecule has 1 unspecified atom stereocenters. The van der Waals surface area contributed by atoms with Crippen LogP contribution in [0.15, 0.2) is 35.7 Å².